The van der Waals surface area contributed by atoms with E-state index in [1.54, 1.807) is 0 Å². The number of carbonyl (C=O) groups is 1. The summed E-state index contributed by atoms with van der Waals surface area (Å²) in [5.41, 5.74) is -0.397. The molecular weight excluding hydrogens is 376 g/mol. The fraction of sp³-hybridized carbons (Fsp3) is 0.278. The SMILES string of the molecule is CC(CCOCc1ccc(Br)cc1)(Oc1ccc(O)cc1)C(=O)O. The second kappa shape index (κ2) is 8.17. The molecule has 0 heterocycles. The molecule has 6 heteroatoms. The molecule has 0 amide bonds. The number of hydrogen-bond donors (Lipinski definition) is 2. The number of ether oxygens (including phenoxy) is 2. The van der Waals surface area contributed by atoms with Gasteiger partial charge < -0.3 is 19.7 Å². The number of hydrogen-bond acceptors (Lipinski definition) is 4. The monoisotopic (exact) mass is 394 g/mol. The Bertz CT molecular complexity index is 669. The number of aliphatic carboxylic acids is 1. The van der Waals surface area contributed by atoms with Gasteiger partial charge in [0.25, 0.3) is 0 Å². The van der Waals surface area contributed by atoms with E-state index in [4.69, 9.17) is 9.47 Å². The zero-order valence-corrected chi connectivity index (χ0v) is 14.8. The van der Waals surface area contributed by atoms with E-state index >= 15 is 0 Å². The van der Waals surface area contributed by atoms with E-state index in [9.17, 15) is 15.0 Å². The molecule has 0 aromatic heterocycles. The van der Waals surface area contributed by atoms with Crippen molar-refractivity contribution in [1.29, 1.82) is 0 Å². The Morgan fingerprint density at radius 2 is 1.75 bits per heavy atom. The van der Waals surface area contributed by atoms with Crippen LogP contribution in [0.25, 0.3) is 0 Å². The highest BCUT2D eigenvalue weighted by Crippen LogP contribution is 2.24. The summed E-state index contributed by atoms with van der Waals surface area (Å²) < 4.78 is 12.1. The largest absolute Gasteiger partial charge is 0.508 e. The Morgan fingerprint density at radius 3 is 2.33 bits per heavy atom. The molecule has 2 aromatic rings. The van der Waals surface area contributed by atoms with E-state index in [-0.39, 0.29) is 18.8 Å². The first-order valence-electron chi connectivity index (χ1n) is 7.43. The van der Waals surface area contributed by atoms with Crippen LogP contribution < -0.4 is 4.74 Å². The zero-order valence-electron chi connectivity index (χ0n) is 13.2. The van der Waals surface area contributed by atoms with Crippen molar-refractivity contribution in [1.82, 2.24) is 0 Å². The van der Waals surface area contributed by atoms with Gasteiger partial charge in [0.1, 0.15) is 11.5 Å². The van der Waals surface area contributed by atoms with Gasteiger partial charge >= 0.3 is 5.97 Å². The summed E-state index contributed by atoms with van der Waals surface area (Å²) in [6, 6.07) is 13.7. The van der Waals surface area contributed by atoms with Crippen LogP contribution in [0.5, 0.6) is 11.5 Å². The fourth-order valence-electron chi connectivity index (χ4n) is 2.01. The van der Waals surface area contributed by atoms with Gasteiger partial charge in [-0.2, -0.15) is 0 Å². The summed E-state index contributed by atoms with van der Waals surface area (Å²) in [4.78, 5) is 11.6. The third-order valence-electron chi connectivity index (χ3n) is 3.54. The first kappa shape index (κ1) is 18.3. The van der Waals surface area contributed by atoms with Crippen molar-refractivity contribution in [2.24, 2.45) is 0 Å². The smallest absolute Gasteiger partial charge is 0.347 e. The van der Waals surface area contributed by atoms with E-state index < -0.39 is 11.6 Å². The van der Waals surface area contributed by atoms with Crippen LogP contribution >= 0.6 is 15.9 Å². The molecule has 0 aliphatic carbocycles. The predicted molar refractivity (Wildman–Crippen MR) is 93.2 cm³/mol. The molecule has 1 atom stereocenters. The van der Waals surface area contributed by atoms with Crippen LogP contribution in [-0.4, -0.2) is 28.4 Å². The average Bonchev–Trinajstić information content (AvgIpc) is 2.55. The maximum absolute atomic E-state index is 11.6. The molecule has 0 aliphatic heterocycles. The standard InChI is InChI=1S/C18H19BrO5/c1-18(17(21)22,24-16-8-6-15(20)7-9-16)10-11-23-12-13-2-4-14(19)5-3-13/h2-9,20H,10-12H2,1H3,(H,21,22). The lowest BCUT2D eigenvalue weighted by molar-refractivity contribution is -0.155. The summed E-state index contributed by atoms with van der Waals surface area (Å²) in [7, 11) is 0. The molecule has 0 aliphatic rings. The van der Waals surface area contributed by atoms with Gasteiger partial charge in [0.05, 0.1) is 13.2 Å². The molecule has 128 valence electrons. The highest BCUT2D eigenvalue weighted by Gasteiger charge is 2.35. The number of halogens is 1. The third kappa shape index (κ3) is 5.25. The molecule has 0 saturated carbocycles. The van der Waals surface area contributed by atoms with Crippen molar-refractivity contribution in [2.45, 2.75) is 25.6 Å². The molecule has 2 N–H and O–H groups in total. The predicted octanol–water partition coefficient (Wildman–Crippen LogP) is 3.98. The van der Waals surface area contributed by atoms with Crippen LogP contribution in [0.15, 0.2) is 53.0 Å². The quantitative estimate of drug-likeness (QED) is 0.662. The van der Waals surface area contributed by atoms with Gasteiger partial charge in [0, 0.05) is 10.9 Å². The lowest BCUT2D eigenvalue weighted by atomic mass is 10.0. The third-order valence-corrected chi connectivity index (χ3v) is 4.07. The molecule has 5 nitrogen and oxygen atoms in total. The minimum atomic E-state index is -1.41. The highest BCUT2D eigenvalue weighted by molar-refractivity contribution is 9.10. The number of aromatic hydroxyl groups is 1. The van der Waals surface area contributed by atoms with Crippen molar-refractivity contribution in [3.05, 3.63) is 58.6 Å². The number of phenolic OH excluding ortho intramolecular Hbond substituents is 1. The summed E-state index contributed by atoms with van der Waals surface area (Å²) in [6.07, 6.45) is 0.194. The van der Waals surface area contributed by atoms with Crippen LogP contribution in [0.1, 0.15) is 18.9 Å². The van der Waals surface area contributed by atoms with Gasteiger partial charge in [-0.1, -0.05) is 28.1 Å². The second-order valence-corrected chi connectivity index (χ2v) is 6.48. The van der Waals surface area contributed by atoms with Crippen LogP contribution in [0, 0.1) is 0 Å². The average molecular weight is 395 g/mol. The van der Waals surface area contributed by atoms with Gasteiger partial charge in [-0.05, 0) is 48.9 Å². The molecule has 1 unspecified atom stereocenters. The Balaban J connectivity index is 1.89. The Labute approximate surface area is 149 Å². The number of benzene rings is 2. The molecule has 24 heavy (non-hydrogen) atoms. The number of carboxylic acids is 1. The lowest BCUT2D eigenvalue weighted by Crippen LogP contribution is -2.42. The topological polar surface area (TPSA) is 76.0 Å². The molecule has 0 bridgehead atoms. The van der Waals surface area contributed by atoms with Gasteiger partial charge in [0.2, 0.25) is 5.60 Å². The van der Waals surface area contributed by atoms with Crippen LogP contribution in [0.2, 0.25) is 0 Å². The van der Waals surface area contributed by atoms with Crippen LogP contribution in [0.3, 0.4) is 0 Å². The molecule has 0 spiro atoms. The number of phenols is 1. The Morgan fingerprint density at radius 1 is 1.12 bits per heavy atom. The van der Waals surface area contributed by atoms with Crippen molar-refractivity contribution in [2.75, 3.05) is 6.61 Å². The minimum Gasteiger partial charge on any atom is -0.508 e. The minimum absolute atomic E-state index is 0.0946. The van der Waals surface area contributed by atoms with Crippen molar-refractivity contribution in [3.8, 4) is 11.5 Å². The highest BCUT2D eigenvalue weighted by atomic mass is 79.9. The lowest BCUT2D eigenvalue weighted by Gasteiger charge is -2.26. The van der Waals surface area contributed by atoms with E-state index in [0.717, 1.165) is 10.0 Å². The first-order valence-corrected chi connectivity index (χ1v) is 8.22. The molecule has 0 radical (unpaired) electrons. The maximum Gasteiger partial charge on any atom is 0.347 e. The molecule has 0 saturated heterocycles. The summed E-state index contributed by atoms with van der Waals surface area (Å²) in [5, 5.41) is 18.7. The molecule has 2 rings (SSSR count). The van der Waals surface area contributed by atoms with Gasteiger partial charge in [-0.15, -0.1) is 0 Å². The fourth-order valence-corrected chi connectivity index (χ4v) is 2.28. The van der Waals surface area contributed by atoms with Gasteiger partial charge in [-0.3, -0.25) is 0 Å². The van der Waals surface area contributed by atoms with Crippen molar-refractivity contribution >= 4 is 21.9 Å². The van der Waals surface area contributed by atoms with Gasteiger partial charge in [0.15, 0.2) is 0 Å². The second-order valence-electron chi connectivity index (χ2n) is 5.56. The normalized spacial score (nSPS) is 13.2. The molecule has 0 fully saturated rings. The van der Waals surface area contributed by atoms with Crippen molar-refractivity contribution in [3.63, 3.8) is 0 Å². The summed E-state index contributed by atoms with van der Waals surface area (Å²) in [6.45, 7) is 2.16. The molecular formula is C18H19BrO5. The van der Waals surface area contributed by atoms with E-state index in [2.05, 4.69) is 15.9 Å². The van der Waals surface area contributed by atoms with Gasteiger partial charge in [-0.25, -0.2) is 4.79 Å². The van der Waals surface area contributed by atoms with Crippen LogP contribution in [-0.2, 0) is 16.1 Å². The number of carboxylic acid groups (broad SMARTS) is 1. The van der Waals surface area contributed by atoms with E-state index in [1.807, 2.05) is 24.3 Å². The maximum atomic E-state index is 11.6. The first-order chi connectivity index (χ1) is 11.4. The zero-order chi connectivity index (χ0) is 17.6. The van der Waals surface area contributed by atoms with E-state index in [1.165, 1.54) is 31.2 Å². The Kier molecular flexibility index (Phi) is 6.23. The molecule has 2 aromatic carbocycles. The Hall–Kier alpha value is -2.05. The number of rotatable bonds is 8. The summed E-state index contributed by atoms with van der Waals surface area (Å²) >= 11 is 3.37. The van der Waals surface area contributed by atoms with Crippen molar-refractivity contribution < 1.29 is 24.5 Å². The summed E-state index contributed by atoms with van der Waals surface area (Å²) in [5.74, 6) is -0.592. The van der Waals surface area contributed by atoms with Crippen LogP contribution in [0.4, 0.5) is 0 Å². The van der Waals surface area contributed by atoms with E-state index in [0.29, 0.717) is 12.4 Å².